The molecule has 3 atom stereocenters. The van der Waals surface area contributed by atoms with Crippen LogP contribution < -0.4 is 11.1 Å². The SMILES string of the molecule is COCCN1C[C@@H](CCO)[C@H](NC(N)=O)C1c1cc(F)cc(F)c1. The van der Waals surface area contributed by atoms with Gasteiger partial charge >= 0.3 is 6.03 Å². The molecule has 1 unspecified atom stereocenters. The number of methoxy groups -OCH3 is 1. The molecule has 1 heterocycles. The molecule has 24 heavy (non-hydrogen) atoms. The lowest BCUT2D eigenvalue weighted by molar-refractivity contribution is 0.136. The molecule has 1 aromatic rings. The van der Waals surface area contributed by atoms with Gasteiger partial charge in [-0.25, -0.2) is 13.6 Å². The largest absolute Gasteiger partial charge is 0.396 e. The lowest BCUT2D eigenvalue weighted by Gasteiger charge is -2.29. The lowest BCUT2D eigenvalue weighted by Crippen LogP contribution is -2.45. The summed E-state index contributed by atoms with van der Waals surface area (Å²) in [6.07, 6.45) is 0.447. The van der Waals surface area contributed by atoms with Crippen molar-refractivity contribution in [2.75, 3.05) is 33.4 Å². The number of nitrogens with one attached hydrogen (secondary N) is 1. The number of urea groups is 1. The Kier molecular flexibility index (Phi) is 6.47. The molecule has 8 heteroatoms. The summed E-state index contributed by atoms with van der Waals surface area (Å²) in [5, 5.41) is 11.9. The molecular formula is C16H23F2N3O3. The molecule has 0 radical (unpaired) electrons. The lowest BCUT2D eigenvalue weighted by atomic mass is 9.91. The number of aliphatic hydroxyl groups excluding tert-OH is 1. The summed E-state index contributed by atoms with van der Waals surface area (Å²) < 4.78 is 32.4. The number of amides is 2. The number of rotatable bonds is 7. The Balaban J connectivity index is 2.38. The number of benzene rings is 1. The quantitative estimate of drug-likeness (QED) is 0.689. The molecule has 1 aromatic carbocycles. The monoisotopic (exact) mass is 343 g/mol. The van der Waals surface area contributed by atoms with Gasteiger partial charge in [0.15, 0.2) is 0 Å². The number of primary amides is 1. The molecule has 4 N–H and O–H groups in total. The molecule has 0 aromatic heterocycles. The van der Waals surface area contributed by atoms with E-state index in [1.165, 1.54) is 12.1 Å². The number of nitrogens with two attached hydrogens (primary N) is 1. The minimum absolute atomic E-state index is 0.0516. The van der Waals surface area contributed by atoms with Crippen LogP contribution in [0.15, 0.2) is 18.2 Å². The van der Waals surface area contributed by atoms with E-state index in [0.717, 1.165) is 6.07 Å². The fourth-order valence-corrected chi connectivity index (χ4v) is 3.41. The van der Waals surface area contributed by atoms with Crippen molar-refractivity contribution in [1.82, 2.24) is 10.2 Å². The van der Waals surface area contributed by atoms with Crippen molar-refractivity contribution >= 4 is 6.03 Å². The third-order valence-electron chi connectivity index (χ3n) is 4.33. The first-order valence-electron chi connectivity index (χ1n) is 7.82. The van der Waals surface area contributed by atoms with Crippen molar-refractivity contribution < 1.29 is 23.4 Å². The Morgan fingerprint density at radius 2 is 2.08 bits per heavy atom. The van der Waals surface area contributed by atoms with Crippen LogP contribution in [-0.2, 0) is 4.74 Å². The van der Waals surface area contributed by atoms with Gasteiger partial charge < -0.3 is 20.9 Å². The van der Waals surface area contributed by atoms with Crippen LogP contribution in [0.25, 0.3) is 0 Å². The Bertz CT molecular complexity index is 553. The van der Waals surface area contributed by atoms with Gasteiger partial charge in [-0.05, 0) is 30.0 Å². The fourth-order valence-electron chi connectivity index (χ4n) is 3.41. The summed E-state index contributed by atoms with van der Waals surface area (Å²) in [6.45, 7) is 1.46. The highest BCUT2D eigenvalue weighted by Crippen LogP contribution is 2.37. The number of ether oxygens (including phenoxy) is 1. The number of aliphatic hydroxyl groups is 1. The Hall–Kier alpha value is -1.77. The zero-order valence-electron chi connectivity index (χ0n) is 13.5. The van der Waals surface area contributed by atoms with Crippen molar-refractivity contribution in [3.05, 3.63) is 35.4 Å². The maximum Gasteiger partial charge on any atom is 0.312 e. The van der Waals surface area contributed by atoms with Crippen molar-refractivity contribution in [1.29, 1.82) is 0 Å². The predicted molar refractivity (Wildman–Crippen MR) is 84.2 cm³/mol. The second-order valence-electron chi connectivity index (χ2n) is 5.94. The number of carbonyl (C=O) groups is 1. The van der Waals surface area contributed by atoms with Crippen LogP contribution in [0.3, 0.4) is 0 Å². The summed E-state index contributed by atoms with van der Waals surface area (Å²) >= 11 is 0. The van der Waals surface area contributed by atoms with E-state index in [0.29, 0.717) is 31.7 Å². The van der Waals surface area contributed by atoms with Crippen molar-refractivity contribution in [3.8, 4) is 0 Å². The molecule has 6 nitrogen and oxygen atoms in total. The van der Waals surface area contributed by atoms with Crippen molar-refractivity contribution in [2.45, 2.75) is 18.5 Å². The Labute approximate surface area is 139 Å². The van der Waals surface area contributed by atoms with Crippen LogP contribution in [0.2, 0.25) is 0 Å². The third kappa shape index (κ3) is 4.40. The fraction of sp³-hybridized carbons (Fsp3) is 0.562. The van der Waals surface area contributed by atoms with Crippen LogP contribution in [-0.4, -0.2) is 55.5 Å². The van der Waals surface area contributed by atoms with Gasteiger partial charge in [-0.2, -0.15) is 0 Å². The molecule has 2 rings (SSSR count). The second-order valence-corrected chi connectivity index (χ2v) is 5.94. The first-order chi connectivity index (χ1) is 11.5. The summed E-state index contributed by atoms with van der Waals surface area (Å²) in [4.78, 5) is 13.4. The number of hydrogen-bond acceptors (Lipinski definition) is 4. The van der Waals surface area contributed by atoms with Gasteiger partial charge in [-0.1, -0.05) is 0 Å². The number of hydrogen-bond donors (Lipinski definition) is 3. The number of carbonyl (C=O) groups excluding carboxylic acids is 1. The first-order valence-corrected chi connectivity index (χ1v) is 7.82. The first kappa shape index (κ1) is 18.6. The van der Waals surface area contributed by atoms with E-state index in [9.17, 15) is 18.7 Å². The van der Waals surface area contributed by atoms with Crippen molar-refractivity contribution in [3.63, 3.8) is 0 Å². The summed E-state index contributed by atoms with van der Waals surface area (Å²) in [6, 6.07) is 1.70. The van der Waals surface area contributed by atoms with Gasteiger partial charge in [0.05, 0.1) is 18.7 Å². The maximum absolute atomic E-state index is 13.7. The molecule has 0 saturated carbocycles. The summed E-state index contributed by atoms with van der Waals surface area (Å²) in [7, 11) is 1.57. The van der Waals surface area contributed by atoms with Gasteiger partial charge in [0.25, 0.3) is 0 Å². The zero-order valence-corrected chi connectivity index (χ0v) is 13.5. The highest BCUT2D eigenvalue weighted by atomic mass is 19.1. The number of halogens is 2. The predicted octanol–water partition coefficient (Wildman–Crippen LogP) is 1.00. The Morgan fingerprint density at radius 3 is 2.62 bits per heavy atom. The highest BCUT2D eigenvalue weighted by molar-refractivity contribution is 5.72. The minimum atomic E-state index is -0.710. The molecule has 1 aliphatic heterocycles. The van der Waals surface area contributed by atoms with E-state index >= 15 is 0 Å². The van der Waals surface area contributed by atoms with Crippen LogP contribution in [0, 0.1) is 17.6 Å². The van der Waals surface area contributed by atoms with Gasteiger partial charge in [0, 0.05) is 32.9 Å². The van der Waals surface area contributed by atoms with Crippen LogP contribution in [0.1, 0.15) is 18.0 Å². The van der Waals surface area contributed by atoms with E-state index in [-0.39, 0.29) is 12.5 Å². The van der Waals surface area contributed by atoms with E-state index in [2.05, 4.69) is 5.32 Å². The second kappa shape index (κ2) is 8.36. The molecule has 0 spiro atoms. The highest BCUT2D eigenvalue weighted by Gasteiger charge is 2.42. The van der Waals surface area contributed by atoms with Gasteiger partial charge in [0.2, 0.25) is 0 Å². The summed E-state index contributed by atoms with van der Waals surface area (Å²) in [5.41, 5.74) is 5.69. The average Bonchev–Trinajstić information content (AvgIpc) is 2.81. The van der Waals surface area contributed by atoms with E-state index in [1.807, 2.05) is 4.90 Å². The Morgan fingerprint density at radius 1 is 1.42 bits per heavy atom. The van der Waals surface area contributed by atoms with Crippen molar-refractivity contribution in [2.24, 2.45) is 11.7 Å². The normalized spacial score (nSPS) is 24.2. The third-order valence-corrected chi connectivity index (χ3v) is 4.33. The molecule has 1 fully saturated rings. The molecular weight excluding hydrogens is 320 g/mol. The molecule has 0 aliphatic carbocycles. The number of likely N-dealkylation sites (tertiary alicyclic amines) is 1. The van der Waals surface area contributed by atoms with Crippen LogP contribution in [0.5, 0.6) is 0 Å². The molecule has 0 bridgehead atoms. The summed E-state index contributed by atoms with van der Waals surface area (Å²) in [5.74, 6) is -1.45. The minimum Gasteiger partial charge on any atom is -0.396 e. The molecule has 1 saturated heterocycles. The molecule has 134 valence electrons. The van der Waals surface area contributed by atoms with E-state index < -0.39 is 29.7 Å². The average molecular weight is 343 g/mol. The van der Waals surface area contributed by atoms with Gasteiger partial charge in [0.1, 0.15) is 11.6 Å². The van der Waals surface area contributed by atoms with E-state index in [1.54, 1.807) is 7.11 Å². The number of nitrogens with zero attached hydrogens (tertiary/aromatic N) is 1. The standard InChI is InChI=1S/C16H23F2N3O3/c1-24-5-3-21-9-10(2-4-22)14(20-16(19)23)15(21)11-6-12(17)8-13(18)7-11/h6-8,10,14-15,22H,2-5,9H2,1H3,(H3,19,20,23)/t10-,14+,15?/m1/s1. The smallest absolute Gasteiger partial charge is 0.312 e. The zero-order chi connectivity index (χ0) is 17.7. The topological polar surface area (TPSA) is 87.8 Å². The maximum atomic E-state index is 13.7. The molecule has 2 amide bonds. The molecule has 1 aliphatic rings. The van der Waals surface area contributed by atoms with Gasteiger partial charge in [-0.15, -0.1) is 0 Å². The van der Waals surface area contributed by atoms with E-state index in [4.69, 9.17) is 10.5 Å². The van der Waals surface area contributed by atoms with Crippen LogP contribution in [0.4, 0.5) is 13.6 Å². The van der Waals surface area contributed by atoms with Crippen LogP contribution >= 0.6 is 0 Å². The van der Waals surface area contributed by atoms with Gasteiger partial charge in [-0.3, -0.25) is 4.90 Å².